The van der Waals surface area contributed by atoms with E-state index < -0.39 is 5.67 Å². The molecule has 18 heavy (non-hydrogen) atoms. The molecule has 1 heterocycles. The highest BCUT2D eigenvalue weighted by atomic mass is 19.1. The van der Waals surface area contributed by atoms with Crippen LogP contribution in [0, 0.1) is 0 Å². The largest absolute Gasteiger partial charge is 0.261 e. The summed E-state index contributed by atoms with van der Waals surface area (Å²) in [6.45, 7) is 11.7. The molecule has 1 atom stereocenters. The topological polar surface area (TPSA) is 12.9 Å². The third-order valence-electron chi connectivity index (χ3n) is 3.54. The molecule has 1 unspecified atom stereocenters. The molecule has 0 fully saturated rings. The van der Waals surface area contributed by atoms with Crippen molar-refractivity contribution < 1.29 is 4.39 Å². The van der Waals surface area contributed by atoms with Crippen LogP contribution >= 0.6 is 0 Å². The van der Waals surface area contributed by atoms with Crippen LogP contribution in [0.25, 0.3) is 5.57 Å². The zero-order valence-electron chi connectivity index (χ0n) is 12.0. The Hall–Kier alpha value is -1.18. The molecule has 2 heteroatoms. The number of alkyl halides is 1. The summed E-state index contributed by atoms with van der Waals surface area (Å²) in [7, 11) is 0. The number of rotatable bonds is 6. The Morgan fingerprint density at radius 2 is 2.11 bits per heavy atom. The predicted octanol–water partition coefficient (Wildman–Crippen LogP) is 4.75. The maximum Gasteiger partial charge on any atom is 0.108 e. The lowest BCUT2D eigenvalue weighted by Gasteiger charge is -2.19. The van der Waals surface area contributed by atoms with E-state index in [1.807, 2.05) is 26.1 Å². The second-order valence-corrected chi connectivity index (χ2v) is 5.19. The van der Waals surface area contributed by atoms with Crippen LogP contribution in [-0.4, -0.2) is 10.7 Å². The maximum absolute atomic E-state index is 14.0. The Morgan fingerprint density at radius 1 is 1.44 bits per heavy atom. The fourth-order valence-electron chi connectivity index (χ4n) is 2.11. The van der Waals surface area contributed by atoms with Gasteiger partial charge < -0.3 is 0 Å². The van der Waals surface area contributed by atoms with Gasteiger partial charge >= 0.3 is 0 Å². The lowest BCUT2D eigenvalue weighted by Crippen LogP contribution is -2.18. The highest BCUT2D eigenvalue weighted by Crippen LogP contribution is 2.26. The standard InChI is InChI=1S/C16H24FN/c1-6-13-9-11-18-14(15(13)12(3)4)8-10-16(5,17)7-2/h9,11H,3,6-8,10H2,1-2,4-5H3. The van der Waals surface area contributed by atoms with Crippen molar-refractivity contribution in [2.75, 3.05) is 0 Å². The summed E-state index contributed by atoms with van der Waals surface area (Å²) in [6.07, 6.45) is 4.52. The fourth-order valence-corrected chi connectivity index (χ4v) is 2.11. The second-order valence-electron chi connectivity index (χ2n) is 5.19. The van der Waals surface area contributed by atoms with E-state index in [9.17, 15) is 4.39 Å². The van der Waals surface area contributed by atoms with E-state index in [1.54, 1.807) is 6.92 Å². The molecule has 100 valence electrons. The van der Waals surface area contributed by atoms with Crippen LogP contribution in [0.15, 0.2) is 18.8 Å². The van der Waals surface area contributed by atoms with E-state index >= 15 is 0 Å². The number of allylic oxidation sites excluding steroid dienone is 1. The molecule has 0 spiro atoms. The number of aryl methyl sites for hydroxylation is 2. The number of halogens is 1. The van der Waals surface area contributed by atoms with E-state index in [0.717, 1.165) is 23.3 Å². The first-order valence-corrected chi connectivity index (χ1v) is 6.72. The molecule has 1 aromatic heterocycles. The van der Waals surface area contributed by atoms with Gasteiger partial charge in [-0.25, -0.2) is 4.39 Å². The average Bonchev–Trinajstić information content (AvgIpc) is 2.35. The van der Waals surface area contributed by atoms with Crippen molar-refractivity contribution in [2.24, 2.45) is 0 Å². The Morgan fingerprint density at radius 3 is 2.61 bits per heavy atom. The molecule has 0 aliphatic carbocycles. The van der Waals surface area contributed by atoms with Gasteiger partial charge in [0.1, 0.15) is 5.67 Å². The zero-order valence-corrected chi connectivity index (χ0v) is 12.0. The molecule has 0 aliphatic rings. The minimum Gasteiger partial charge on any atom is -0.261 e. The fraction of sp³-hybridized carbons (Fsp3) is 0.562. The quantitative estimate of drug-likeness (QED) is 0.709. The third kappa shape index (κ3) is 3.66. The summed E-state index contributed by atoms with van der Waals surface area (Å²) >= 11 is 0. The molecule has 0 aromatic carbocycles. The summed E-state index contributed by atoms with van der Waals surface area (Å²) in [4.78, 5) is 4.42. The minimum atomic E-state index is -1.10. The molecular formula is C16H24FN. The van der Waals surface area contributed by atoms with Crippen LogP contribution in [0.4, 0.5) is 4.39 Å². The molecule has 0 bridgehead atoms. The number of hydrogen-bond acceptors (Lipinski definition) is 1. The molecule has 0 amide bonds. The SMILES string of the molecule is C=C(C)c1c(CC)ccnc1CCC(C)(F)CC. The van der Waals surface area contributed by atoms with E-state index in [-0.39, 0.29) is 0 Å². The summed E-state index contributed by atoms with van der Waals surface area (Å²) in [5, 5.41) is 0. The number of pyridine rings is 1. The lowest BCUT2D eigenvalue weighted by atomic mass is 9.92. The van der Waals surface area contributed by atoms with Gasteiger partial charge in [0.2, 0.25) is 0 Å². The summed E-state index contributed by atoms with van der Waals surface area (Å²) in [5.41, 5.74) is 3.29. The van der Waals surface area contributed by atoms with Gasteiger partial charge in [-0.2, -0.15) is 0 Å². The van der Waals surface area contributed by atoms with E-state index in [2.05, 4.69) is 18.5 Å². The molecular weight excluding hydrogens is 225 g/mol. The van der Waals surface area contributed by atoms with Crippen molar-refractivity contribution >= 4 is 5.57 Å². The van der Waals surface area contributed by atoms with Crippen LogP contribution in [0.3, 0.4) is 0 Å². The number of nitrogens with zero attached hydrogens (tertiary/aromatic N) is 1. The lowest BCUT2D eigenvalue weighted by molar-refractivity contribution is 0.169. The summed E-state index contributed by atoms with van der Waals surface area (Å²) in [6, 6.07) is 2.03. The first-order valence-electron chi connectivity index (χ1n) is 6.72. The Kier molecular flexibility index (Phi) is 5.06. The van der Waals surface area contributed by atoms with Crippen LogP contribution in [0.5, 0.6) is 0 Å². The average molecular weight is 249 g/mol. The smallest absolute Gasteiger partial charge is 0.108 e. The third-order valence-corrected chi connectivity index (χ3v) is 3.54. The zero-order chi connectivity index (χ0) is 13.8. The van der Waals surface area contributed by atoms with Crippen molar-refractivity contribution in [1.29, 1.82) is 0 Å². The number of hydrogen-bond donors (Lipinski definition) is 0. The molecule has 0 saturated carbocycles. The van der Waals surface area contributed by atoms with E-state index in [1.165, 1.54) is 5.56 Å². The van der Waals surface area contributed by atoms with Gasteiger partial charge in [0.25, 0.3) is 0 Å². The van der Waals surface area contributed by atoms with Crippen molar-refractivity contribution in [3.63, 3.8) is 0 Å². The minimum absolute atomic E-state index is 0.518. The molecule has 0 saturated heterocycles. The van der Waals surface area contributed by atoms with Crippen molar-refractivity contribution in [3.05, 3.63) is 35.7 Å². The Balaban J connectivity index is 2.99. The number of aromatic nitrogens is 1. The molecule has 1 aromatic rings. The van der Waals surface area contributed by atoms with Gasteiger partial charge in [0, 0.05) is 17.5 Å². The summed E-state index contributed by atoms with van der Waals surface area (Å²) < 4.78 is 14.0. The highest BCUT2D eigenvalue weighted by Gasteiger charge is 2.21. The normalized spacial score (nSPS) is 14.3. The second kappa shape index (κ2) is 6.12. The van der Waals surface area contributed by atoms with Crippen LogP contribution in [0.2, 0.25) is 0 Å². The Bertz CT molecular complexity index is 421. The van der Waals surface area contributed by atoms with Gasteiger partial charge in [-0.3, -0.25) is 4.98 Å². The van der Waals surface area contributed by atoms with Gasteiger partial charge in [0.05, 0.1) is 0 Å². The molecule has 0 radical (unpaired) electrons. The van der Waals surface area contributed by atoms with Crippen LogP contribution in [0.1, 0.15) is 57.4 Å². The maximum atomic E-state index is 14.0. The van der Waals surface area contributed by atoms with Gasteiger partial charge in [-0.1, -0.05) is 20.4 Å². The van der Waals surface area contributed by atoms with Crippen LogP contribution < -0.4 is 0 Å². The molecule has 0 N–H and O–H groups in total. The van der Waals surface area contributed by atoms with Gasteiger partial charge in [-0.15, -0.1) is 0 Å². The van der Waals surface area contributed by atoms with Crippen molar-refractivity contribution in [3.8, 4) is 0 Å². The first-order chi connectivity index (χ1) is 8.41. The molecule has 0 aliphatic heterocycles. The predicted molar refractivity (Wildman–Crippen MR) is 76.4 cm³/mol. The van der Waals surface area contributed by atoms with Gasteiger partial charge in [-0.05, 0) is 56.7 Å². The molecule has 1 nitrogen and oxygen atoms in total. The highest BCUT2D eigenvalue weighted by molar-refractivity contribution is 5.66. The monoisotopic (exact) mass is 249 g/mol. The van der Waals surface area contributed by atoms with E-state index in [4.69, 9.17) is 0 Å². The van der Waals surface area contributed by atoms with Crippen LogP contribution in [-0.2, 0) is 12.8 Å². The first kappa shape index (κ1) is 14.9. The molecule has 1 rings (SSSR count). The van der Waals surface area contributed by atoms with Crippen molar-refractivity contribution in [1.82, 2.24) is 4.98 Å². The Labute approximate surface area is 110 Å². The van der Waals surface area contributed by atoms with Gasteiger partial charge in [0.15, 0.2) is 0 Å². The van der Waals surface area contributed by atoms with E-state index in [0.29, 0.717) is 19.3 Å². The van der Waals surface area contributed by atoms with Crippen molar-refractivity contribution in [2.45, 2.75) is 59.0 Å². The summed E-state index contributed by atoms with van der Waals surface area (Å²) in [5.74, 6) is 0.